The lowest BCUT2D eigenvalue weighted by atomic mass is 10.3. The number of hydrogen-bond donors (Lipinski definition) is 1. The summed E-state index contributed by atoms with van der Waals surface area (Å²) in [6, 6.07) is 6.55. The van der Waals surface area contributed by atoms with Gasteiger partial charge >= 0.3 is 0 Å². The smallest absolute Gasteiger partial charge is 0.264 e. The van der Waals surface area contributed by atoms with E-state index in [4.69, 9.17) is 23.2 Å². The van der Waals surface area contributed by atoms with E-state index in [1.54, 1.807) is 0 Å². The van der Waals surface area contributed by atoms with E-state index in [2.05, 4.69) is 20.7 Å². The van der Waals surface area contributed by atoms with Crippen LogP contribution in [-0.2, 0) is 10.0 Å². The Bertz CT molecular complexity index is 794. The Balaban J connectivity index is 2.48. The van der Waals surface area contributed by atoms with Gasteiger partial charge in [-0.1, -0.05) is 39.1 Å². The number of rotatable bonds is 3. The van der Waals surface area contributed by atoms with Crippen LogP contribution in [0, 0.1) is 9.39 Å². The lowest BCUT2D eigenvalue weighted by Gasteiger charge is -2.12. The van der Waals surface area contributed by atoms with Crippen molar-refractivity contribution < 1.29 is 12.8 Å². The van der Waals surface area contributed by atoms with Gasteiger partial charge in [-0.3, -0.25) is 4.72 Å². The number of hydrogen-bond acceptors (Lipinski definition) is 2. The highest BCUT2D eigenvalue weighted by Crippen LogP contribution is 2.34. The third-order valence-electron chi connectivity index (χ3n) is 2.41. The fourth-order valence-corrected chi connectivity index (χ4v) is 5.37. The van der Waals surface area contributed by atoms with Crippen molar-refractivity contribution in [3.8, 4) is 0 Å². The van der Waals surface area contributed by atoms with Crippen molar-refractivity contribution in [2.45, 2.75) is 4.90 Å². The van der Waals surface area contributed by atoms with Crippen LogP contribution >= 0.6 is 61.7 Å². The van der Waals surface area contributed by atoms with E-state index in [1.807, 2.05) is 22.6 Å². The Morgan fingerprint density at radius 3 is 2.24 bits per heavy atom. The first-order chi connectivity index (χ1) is 9.70. The van der Waals surface area contributed by atoms with E-state index >= 15 is 0 Å². The summed E-state index contributed by atoms with van der Waals surface area (Å²) < 4.78 is 41.2. The van der Waals surface area contributed by atoms with E-state index in [9.17, 15) is 12.8 Å². The minimum absolute atomic E-state index is 0.0148. The van der Waals surface area contributed by atoms with Gasteiger partial charge in [0.25, 0.3) is 10.0 Å². The molecular formula is C12H6BrCl2FINO2S. The molecule has 0 saturated heterocycles. The lowest BCUT2D eigenvalue weighted by molar-refractivity contribution is 0.601. The van der Waals surface area contributed by atoms with E-state index < -0.39 is 15.8 Å². The van der Waals surface area contributed by atoms with Crippen molar-refractivity contribution in [1.29, 1.82) is 0 Å². The maximum absolute atomic E-state index is 13.0. The summed E-state index contributed by atoms with van der Waals surface area (Å²) in [5.74, 6) is -0.456. The molecule has 0 bridgehead atoms. The minimum Gasteiger partial charge on any atom is -0.278 e. The molecule has 0 saturated carbocycles. The van der Waals surface area contributed by atoms with Gasteiger partial charge in [-0.25, -0.2) is 12.8 Å². The second kappa shape index (κ2) is 6.57. The Morgan fingerprint density at radius 2 is 1.71 bits per heavy atom. The number of halogens is 5. The van der Waals surface area contributed by atoms with Crippen molar-refractivity contribution in [3.63, 3.8) is 0 Å². The van der Waals surface area contributed by atoms with Crippen LogP contribution < -0.4 is 4.72 Å². The van der Waals surface area contributed by atoms with Crippen LogP contribution in [-0.4, -0.2) is 8.42 Å². The molecule has 2 aromatic rings. The Labute approximate surface area is 153 Å². The first kappa shape index (κ1) is 17.3. The van der Waals surface area contributed by atoms with Crippen molar-refractivity contribution >= 4 is 77.4 Å². The predicted molar refractivity (Wildman–Crippen MR) is 94.1 cm³/mol. The van der Waals surface area contributed by atoms with Crippen LogP contribution in [0.4, 0.5) is 10.1 Å². The molecule has 1 N–H and O–H groups in total. The van der Waals surface area contributed by atoms with E-state index in [0.717, 1.165) is 6.07 Å². The molecule has 0 spiro atoms. The molecule has 2 rings (SSSR count). The molecular weight excluding hydrogens is 519 g/mol. The molecule has 9 heteroatoms. The van der Waals surface area contributed by atoms with Crippen molar-refractivity contribution in [2.75, 3.05) is 4.72 Å². The zero-order chi connectivity index (χ0) is 15.8. The normalized spacial score (nSPS) is 11.5. The number of anilines is 1. The number of benzene rings is 2. The van der Waals surface area contributed by atoms with Gasteiger partial charge in [-0.2, -0.15) is 0 Å². The van der Waals surface area contributed by atoms with Crippen LogP contribution in [0.1, 0.15) is 0 Å². The molecule has 0 aliphatic carbocycles. The van der Waals surface area contributed by atoms with Gasteiger partial charge in [-0.15, -0.1) is 0 Å². The highest BCUT2D eigenvalue weighted by Gasteiger charge is 2.23. The van der Waals surface area contributed by atoms with Gasteiger partial charge in [0.05, 0.1) is 15.7 Å². The molecule has 21 heavy (non-hydrogen) atoms. The third kappa shape index (κ3) is 4.01. The SMILES string of the molecule is O=S(=O)(Nc1ccc(F)cc1I)c1c(Cl)cc(Br)cc1Cl. The maximum atomic E-state index is 13.0. The summed E-state index contributed by atoms with van der Waals surface area (Å²) in [5.41, 5.74) is 0.243. The first-order valence-corrected chi connectivity index (χ1v) is 9.44. The van der Waals surface area contributed by atoms with Crippen LogP contribution in [0.3, 0.4) is 0 Å². The topological polar surface area (TPSA) is 46.2 Å². The second-order valence-electron chi connectivity index (χ2n) is 3.93. The fraction of sp³-hybridized carbons (Fsp3) is 0. The van der Waals surface area contributed by atoms with E-state index in [1.165, 1.54) is 24.3 Å². The maximum Gasteiger partial charge on any atom is 0.264 e. The van der Waals surface area contributed by atoms with Gasteiger partial charge in [0.2, 0.25) is 0 Å². The van der Waals surface area contributed by atoms with Crippen LogP contribution in [0.15, 0.2) is 39.7 Å². The van der Waals surface area contributed by atoms with Gasteiger partial charge < -0.3 is 0 Å². The summed E-state index contributed by atoms with van der Waals surface area (Å²) in [6.07, 6.45) is 0. The quantitative estimate of drug-likeness (QED) is 0.554. The summed E-state index contributed by atoms with van der Waals surface area (Å²) >= 11 is 16.9. The average molecular weight is 525 g/mol. The number of nitrogens with one attached hydrogen (secondary N) is 1. The standard InChI is InChI=1S/C12H6BrCl2FINO2S/c13-6-3-8(14)12(9(15)4-6)21(19,20)18-11-2-1-7(16)5-10(11)17/h1-5,18H. The zero-order valence-electron chi connectivity index (χ0n) is 10.0. The van der Waals surface area contributed by atoms with Gasteiger partial charge in [0.1, 0.15) is 10.7 Å². The molecule has 0 radical (unpaired) electrons. The molecule has 0 aromatic heterocycles. The molecule has 0 aliphatic heterocycles. The summed E-state index contributed by atoms with van der Waals surface area (Å²) in [7, 11) is -3.99. The molecule has 112 valence electrons. The summed E-state index contributed by atoms with van der Waals surface area (Å²) in [4.78, 5) is -0.228. The van der Waals surface area contributed by atoms with E-state index in [0.29, 0.717) is 8.04 Å². The largest absolute Gasteiger partial charge is 0.278 e. The van der Waals surface area contributed by atoms with Gasteiger partial charge in [0, 0.05) is 8.04 Å². The molecule has 0 unspecified atom stereocenters. The minimum atomic E-state index is -3.99. The van der Waals surface area contributed by atoms with Crippen LogP contribution in [0.5, 0.6) is 0 Å². The highest BCUT2D eigenvalue weighted by molar-refractivity contribution is 14.1. The summed E-state index contributed by atoms with van der Waals surface area (Å²) in [6.45, 7) is 0. The Morgan fingerprint density at radius 1 is 1.14 bits per heavy atom. The fourth-order valence-electron chi connectivity index (χ4n) is 1.55. The highest BCUT2D eigenvalue weighted by atomic mass is 127. The first-order valence-electron chi connectivity index (χ1n) is 5.33. The number of sulfonamides is 1. The molecule has 3 nitrogen and oxygen atoms in total. The monoisotopic (exact) mass is 523 g/mol. The molecule has 2 aromatic carbocycles. The Hall–Kier alpha value is -0.0900. The third-order valence-corrected chi connectivity index (χ3v) is 6.04. The van der Waals surface area contributed by atoms with E-state index in [-0.39, 0.29) is 20.6 Å². The van der Waals surface area contributed by atoms with Crippen LogP contribution in [0.2, 0.25) is 10.0 Å². The van der Waals surface area contributed by atoms with Crippen molar-refractivity contribution in [3.05, 3.63) is 54.2 Å². The molecule has 0 atom stereocenters. The van der Waals surface area contributed by atoms with Crippen molar-refractivity contribution in [2.24, 2.45) is 0 Å². The van der Waals surface area contributed by atoms with Gasteiger partial charge in [0.15, 0.2) is 0 Å². The average Bonchev–Trinajstić information content (AvgIpc) is 2.30. The second-order valence-corrected chi connectivity index (χ2v) is 8.44. The Kier molecular flexibility index (Phi) is 5.40. The van der Waals surface area contributed by atoms with Crippen LogP contribution in [0.25, 0.3) is 0 Å². The molecule has 0 aliphatic rings. The molecule has 0 fully saturated rings. The summed E-state index contributed by atoms with van der Waals surface area (Å²) in [5, 5.41) is -0.0296. The lowest BCUT2D eigenvalue weighted by Crippen LogP contribution is -2.15. The predicted octanol–water partition coefficient (Wildman–Crippen LogP) is 5.30. The van der Waals surface area contributed by atoms with Crippen molar-refractivity contribution in [1.82, 2.24) is 0 Å². The molecule has 0 amide bonds. The molecule has 0 heterocycles. The zero-order valence-corrected chi connectivity index (χ0v) is 16.1. The van der Waals surface area contributed by atoms with Gasteiger partial charge in [-0.05, 0) is 52.9 Å².